The highest BCUT2D eigenvalue weighted by molar-refractivity contribution is 5.51. The van der Waals surface area contributed by atoms with Crippen LogP contribution in [0.15, 0.2) is 24.3 Å². The van der Waals surface area contributed by atoms with E-state index in [-0.39, 0.29) is 0 Å². The standard InChI is InChI=1S/C22H27NO2/c1-13-6-14(2)19-12-23-15(3)8-17-10-21(24-4)22(25-5)11-18(17)20(23)9-16(19)7-13/h6-7,10-11,15,20H,8-9,12H2,1-5H3/t15-,20-/m0/s1. The van der Waals surface area contributed by atoms with Crippen molar-refractivity contribution in [1.29, 1.82) is 0 Å². The number of hydrogen-bond acceptors (Lipinski definition) is 3. The van der Waals surface area contributed by atoms with Crippen LogP contribution < -0.4 is 9.47 Å². The fourth-order valence-electron chi connectivity index (χ4n) is 4.72. The van der Waals surface area contributed by atoms with Crippen molar-refractivity contribution in [3.8, 4) is 11.5 Å². The molecular weight excluding hydrogens is 310 g/mol. The van der Waals surface area contributed by atoms with E-state index in [1.807, 2.05) is 0 Å². The molecule has 0 saturated carbocycles. The first-order chi connectivity index (χ1) is 12.0. The highest BCUT2D eigenvalue weighted by Crippen LogP contribution is 2.44. The Balaban J connectivity index is 1.82. The predicted octanol–water partition coefficient (Wildman–Crippen LogP) is 4.36. The molecule has 0 aliphatic carbocycles. The molecule has 132 valence electrons. The van der Waals surface area contributed by atoms with Gasteiger partial charge in [-0.05, 0) is 73.6 Å². The van der Waals surface area contributed by atoms with Crippen LogP contribution in [-0.2, 0) is 19.4 Å². The minimum absolute atomic E-state index is 0.423. The fraction of sp³-hybridized carbons (Fsp3) is 0.455. The molecule has 0 spiro atoms. The number of aryl methyl sites for hydroxylation is 2. The maximum atomic E-state index is 5.57. The second-order valence-corrected chi connectivity index (χ2v) is 7.57. The second kappa shape index (κ2) is 6.06. The molecule has 0 saturated heterocycles. The molecule has 2 aliphatic heterocycles. The molecule has 0 unspecified atom stereocenters. The SMILES string of the molecule is COc1cc2c(cc1OC)[C@@H]1Cc3cc(C)cc(C)c3CN1[C@@H](C)C2. The van der Waals surface area contributed by atoms with Crippen LogP contribution in [0.5, 0.6) is 11.5 Å². The Kier molecular flexibility index (Phi) is 3.99. The smallest absolute Gasteiger partial charge is 0.161 e. The largest absolute Gasteiger partial charge is 0.493 e. The van der Waals surface area contributed by atoms with Crippen molar-refractivity contribution in [2.24, 2.45) is 0 Å². The number of methoxy groups -OCH3 is 2. The van der Waals surface area contributed by atoms with Gasteiger partial charge in [-0.1, -0.05) is 17.7 Å². The molecule has 2 atom stereocenters. The monoisotopic (exact) mass is 337 g/mol. The quantitative estimate of drug-likeness (QED) is 0.812. The van der Waals surface area contributed by atoms with Gasteiger partial charge in [0.25, 0.3) is 0 Å². The lowest BCUT2D eigenvalue weighted by Gasteiger charge is -2.46. The minimum Gasteiger partial charge on any atom is -0.493 e. The molecule has 2 heterocycles. The van der Waals surface area contributed by atoms with Gasteiger partial charge in [-0.2, -0.15) is 0 Å². The summed E-state index contributed by atoms with van der Waals surface area (Å²) in [6.45, 7) is 7.84. The minimum atomic E-state index is 0.423. The van der Waals surface area contributed by atoms with E-state index in [1.165, 1.54) is 33.4 Å². The van der Waals surface area contributed by atoms with Crippen molar-refractivity contribution in [2.75, 3.05) is 14.2 Å². The first kappa shape index (κ1) is 16.5. The summed E-state index contributed by atoms with van der Waals surface area (Å²) >= 11 is 0. The zero-order chi connectivity index (χ0) is 17.7. The summed E-state index contributed by atoms with van der Waals surface area (Å²) in [5, 5.41) is 0. The molecule has 25 heavy (non-hydrogen) atoms. The number of nitrogens with zero attached hydrogens (tertiary/aromatic N) is 1. The Morgan fingerprint density at radius 3 is 2.36 bits per heavy atom. The summed E-state index contributed by atoms with van der Waals surface area (Å²) in [6.07, 6.45) is 2.14. The zero-order valence-electron chi connectivity index (χ0n) is 15.8. The number of ether oxygens (including phenoxy) is 2. The Hall–Kier alpha value is -2.00. The lowest BCUT2D eigenvalue weighted by atomic mass is 9.80. The molecule has 0 radical (unpaired) electrons. The third-order valence-corrected chi connectivity index (χ3v) is 5.95. The number of hydrogen-bond donors (Lipinski definition) is 0. The van der Waals surface area contributed by atoms with Crippen LogP contribution in [0, 0.1) is 13.8 Å². The topological polar surface area (TPSA) is 21.7 Å². The van der Waals surface area contributed by atoms with E-state index in [4.69, 9.17) is 9.47 Å². The van der Waals surface area contributed by atoms with Crippen LogP contribution in [-0.4, -0.2) is 25.2 Å². The molecule has 0 fully saturated rings. The average Bonchev–Trinajstić information content (AvgIpc) is 2.59. The molecule has 0 amide bonds. The molecule has 0 aromatic heterocycles. The first-order valence-electron chi connectivity index (χ1n) is 9.11. The molecule has 4 rings (SSSR count). The Labute approximate surface area is 150 Å². The number of rotatable bonds is 2. The molecule has 2 aromatic carbocycles. The second-order valence-electron chi connectivity index (χ2n) is 7.57. The average molecular weight is 337 g/mol. The summed E-state index contributed by atoms with van der Waals surface area (Å²) in [5.41, 5.74) is 8.63. The van der Waals surface area contributed by atoms with E-state index >= 15 is 0 Å². The summed E-state index contributed by atoms with van der Waals surface area (Å²) in [6, 6.07) is 10.0. The van der Waals surface area contributed by atoms with Crippen molar-refractivity contribution < 1.29 is 9.47 Å². The lowest BCUT2D eigenvalue weighted by molar-refractivity contribution is 0.105. The van der Waals surface area contributed by atoms with Gasteiger partial charge in [-0.3, -0.25) is 4.90 Å². The highest BCUT2D eigenvalue weighted by atomic mass is 16.5. The molecule has 3 nitrogen and oxygen atoms in total. The van der Waals surface area contributed by atoms with Gasteiger partial charge in [-0.15, -0.1) is 0 Å². The Morgan fingerprint density at radius 2 is 1.64 bits per heavy atom. The summed E-state index contributed by atoms with van der Waals surface area (Å²) in [7, 11) is 3.43. The van der Waals surface area contributed by atoms with Crippen molar-refractivity contribution in [3.05, 3.63) is 57.6 Å². The third-order valence-electron chi connectivity index (χ3n) is 5.95. The predicted molar refractivity (Wildman–Crippen MR) is 101 cm³/mol. The normalized spacial score (nSPS) is 22.0. The molecule has 2 aliphatic rings. The van der Waals surface area contributed by atoms with Gasteiger partial charge < -0.3 is 9.47 Å². The maximum Gasteiger partial charge on any atom is 0.161 e. The van der Waals surface area contributed by atoms with E-state index in [0.29, 0.717) is 12.1 Å². The maximum absolute atomic E-state index is 5.57. The van der Waals surface area contributed by atoms with E-state index in [1.54, 1.807) is 14.2 Å². The van der Waals surface area contributed by atoms with Gasteiger partial charge in [0.1, 0.15) is 0 Å². The number of benzene rings is 2. The van der Waals surface area contributed by atoms with Gasteiger partial charge in [-0.25, -0.2) is 0 Å². The Bertz CT molecular complexity index is 827. The summed E-state index contributed by atoms with van der Waals surface area (Å²) in [5.74, 6) is 1.67. The fourth-order valence-corrected chi connectivity index (χ4v) is 4.72. The summed E-state index contributed by atoms with van der Waals surface area (Å²) < 4.78 is 11.1. The van der Waals surface area contributed by atoms with Crippen LogP contribution in [0.1, 0.15) is 46.3 Å². The van der Waals surface area contributed by atoms with E-state index in [0.717, 1.165) is 30.9 Å². The van der Waals surface area contributed by atoms with E-state index in [2.05, 4.69) is 49.9 Å². The highest BCUT2D eigenvalue weighted by Gasteiger charge is 2.37. The van der Waals surface area contributed by atoms with Crippen LogP contribution in [0.25, 0.3) is 0 Å². The van der Waals surface area contributed by atoms with Crippen molar-refractivity contribution in [1.82, 2.24) is 4.90 Å². The van der Waals surface area contributed by atoms with Crippen molar-refractivity contribution in [3.63, 3.8) is 0 Å². The van der Waals surface area contributed by atoms with Crippen LogP contribution >= 0.6 is 0 Å². The molecule has 3 heteroatoms. The molecule has 0 bridgehead atoms. The lowest BCUT2D eigenvalue weighted by Crippen LogP contribution is -2.45. The molecule has 0 N–H and O–H groups in total. The van der Waals surface area contributed by atoms with Crippen molar-refractivity contribution >= 4 is 0 Å². The van der Waals surface area contributed by atoms with Crippen molar-refractivity contribution in [2.45, 2.75) is 52.2 Å². The van der Waals surface area contributed by atoms with E-state index in [9.17, 15) is 0 Å². The van der Waals surface area contributed by atoms with Gasteiger partial charge in [0.05, 0.1) is 14.2 Å². The van der Waals surface area contributed by atoms with Gasteiger partial charge in [0, 0.05) is 18.6 Å². The third kappa shape index (κ3) is 2.62. The summed E-state index contributed by atoms with van der Waals surface area (Å²) in [4.78, 5) is 2.67. The van der Waals surface area contributed by atoms with Crippen LogP contribution in [0.4, 0.5) is 0 Å². The van der Waals surface area contributed by atoms with Gasteiger partial charge in [0.15, 0.2) is 11.5 Å². The molecular formula is C22H27NO2. The number of fused-ring (bicyclic) bond motifs is 4. The zero-order valence-corrected chi connectivity index (χ0v) is 15.8. The Morgan fingerprint density at radius 1 is 0.920 bits per heavy atom. The first-order valence-corrected chi connectivity index (χ1v) is 9.11. The van der Waals surface area contributed by atoms with Crippen LogP contribution in [0.2, 0.25) is 0 Å². The van der Waals surface area contributed by atoms with Gasteiger partial charge >= 0.3 is 0 Å². The van der Waals surface area contributed by atoms with E-state index < -0.39 is 0 Å². The van der Waals surface area contributed by atoms with Gasteiger partial charge in [0.2, 0.25) is 0 Å². The molecule has 2 aromatic rings. The van der Waals surface area contributed by atoms with Crippen LogP contribution in [0.3, 0.4) is 0 Å².